The predicted octanol–water partition coefficient (Wildman–Crippen LogP) is 3.30. The van der Waals surface area contributed by atoms with Gasteiger partial charge in [0.2, 0.25) is 0 Å². The van der Waals surface area contributed by atoms with E-state index in [9.17, 15) is 13.2 Å². The number of sulfone groups is 1. The third kappa shape index (κ3) is 4.66. The highest BCUT2D eigenvalue weighted by atomic mass is 32.2. The lowest BCUT2D eigenvalue weighted by molar-refractivity contribution is 0.101. The molecule has 0 atom stereocenters. The lowest BCUT2D eigenvalue weighted by Gasteiger charge is -2.06. The molecule has 0 amide bonds. The zero-order valence-electron chi connectivity index (χ0n) is 13.3. The first-order chi connectivity index (χ1) is 10.9. The fraction of sp³-hybridized carbons (Fsp3) is 0.278. The van der Waals surface area contributed by atoms with Gasteiger partial charge < -0.3 is 4.74 Å². The summed E-state index contributed by atoms with van der Waals surface area (Å²) in [7, 11) is -1.74. The number of ketones is 1. The van der Waals surface area contributed by atoms with Crippen molar-refractivity contribution in [3.63, 3.8) is 0 Å². The van der Waals surface area contributed by atoms with Crippen LogP contribution in [0.3, 0.4) is 0 Å². The van der Waals surface area contributed by atoms with Crippen molar-refractivity contribution in [3.05, 3.63) is 59.7 Å². The van der Waals surface area contributed by atoms with E-state index >= 15 is 0 Å². The molecule has 0 saturated heterocycles. The lowest BCUT2D eigenvalue weighted by atomic mass is 10.1. The Bertz CT molecular complexity index is 760. The number of aryl methyl sites for hydroxylation is 1. The second-order valence-electron chi connectivity index (χ2n) is 5.35. The molecule has 4 nitrogen and oxygen atoms in total. The summed E-state index contributed by atoms with van der Waals surface area (Å²) >= 11 is 0. The molecule has 0 unspecified atom stereocenters. The third-order valence-corrected chi connectivity index (χ3v) is 5.47. The smallest absolute Gasteiger partial charge is 0.178 e. The molecule has 0 aliphatic rings. The van der Waals surface area contributed by atoms with Crippen LogP contribution in [-0.2, 0) is 16.3 Å². The van der Waals surface area contributed by atoms with Crippen LogP contribution in [0.25, 0.3) is 0 Å². The van der Waals surface area contributed by atoms with E-state index < -0.39 is 9.84 Å². The quantitative estimate of drug-likeness (QED) is 0.730. The number of rotatable bonds is 7. The molecule has 2 rings (SSSR count). The van der Waals surface area contributed by atoms with Crippen LogP contribution in [0.1, 0.15) is 29.3 Å². The number of Topliss-reactive ketones (excluding diaryl/α,β-unsaturated/α-hetero) is 1. The number of methoxy groups -OCH3 is 1. The van der Waals surface area contributed by atoms with Crippen LogP contribution in [-0.4, -0.2) is 27.1 Å². The Balaban J connectivity index is 1.95. The lowest BCUT2D eigenvalue weighted by Crippen LogP contribution is -2.07. The van der Waals surface area contributed by atoms with Crippen molar-refractivity contribution in [1.82, 2.24) is 0 Å². The van der Waals surface area contributed by atoms with Crippen molar-refractivity contribution < 1.29 is 17.9 Å². The van der Waals surface area contributed by atoms with Crippen molar-refractivity contribution in [3.8, 4) is 5.75 Å². The molecule has 5 heteroatoms. The van der Waals surface area contributed by atoms with Gasteiger partial charge in [0.1, 0.15) is 5.75 Å². The largest absolute Gasteiger partial charge is 0.497 e. The molecular formula is C18H20O4S. The minimum absolute atomic E-state index is 0.0265. The van der Waals surface area contributed by atoms with Crippen LogP contribution in [0.5, 0.6) is 5.75 Å². The van der Waals surface area contributed by atoms with Gasteiger partial charge in [-0.05, 0) is 49.6 Å². The molecule has 0 radical (unpaired) electrons. The van der Waals surface area contributed by atoms with Gasteiger partial charge in [-0.15, -0.1) is 0 Å². The van der Waals surface area contributed by atoms with E-state index in [1.807, 2.05) is 12.1 Å². The first-order valence-electron chi connectivity index (χ1n) is 7.39. The Morgan fingerprint density at radius 2 is 1.61 bits per heavy atom. The Hall–Kier alpha value is -2.14. The Kier molecular flexibility index (Phi) is 5.55. The number of hydrogen-bond acceptors (Lipinski definition) is 4. The van der Waals surface area contributed by atoms with Crippen molar-refractivity contribution >= 4 is 15.6 Å². The van der Waals surface area contributed by atoms with Crippen LogP contribution in [0.15, 0.2) is 53.4 Å². The highest BCUT2D eigenvalue weighted by Gasteiger charge is 2.14. The molecule has 0 fully saturated rings. The molecule has 0 N–H and O–H groups in total. The van der Waals surface area contributed by atoms with Crippen molar-refractivity contribution in [1.29, 1.82) is 0 Å². The van der Waals surface area contributed by atoms with Gasteiger partial charge in [0, 0.05) is 5.56 Å². The Morgan fingerprint density at radius 3 is 2.13 bits per heavy atom. The molecule has 0 aliphatic heterocycles. The van der Waals surface area contributed by atoms with Crippen molar-refractivity contribution in [2.75, 3.05) is 12.9 Å². The number of hydrogen-bond donors (Lipinski definition) is 0. The minimum Gasteiger partial charge on any atom is -0.497 e. The molecule has 0 bridgehead atoms. The number of ether oxygens (including phenoxy) is 1. The Morgan fingerprint density at radius 1 is 1.00 bits per heavy atom. The molecule has 0 aliphatic carbocycles. The predicted molar refractivity (Wildman–Crippen MR) is 89.8 cm³/mol. The average Bonchev–Trinajstić information content (AvgIpc) is 2.55. The molecule has 122 valence electrons. The zero-order valence-corrected chi connectivity index (χ0v) is 14.1. The van der Waals surface area contributed by atoms with E-state index in [1.54, 1.807) is 43.5 Å². The van der Waals surface area contributed by atoms with Crippen molar-refractivity contribution in [2.45, 2.75) is 24.7 Å². The normalized spacial score (nSPS) is 11.2. The molecule has 2 aromatic rings. The topological polar surface area (TPSA) is 60.4 Å². The van der Waals surface area contributed by atoms with E-state index in [2.05, 4.69) is 0 Å². The molecular weight excluding hydrogens is 312 g/mol. The molecule has 23 heavy (non-hydrogen) atoms. The van der Waals surface area contributed by atoms with Gasteiger partial charge in [-0.2, -0.15) is 0 Å². The second-order valence-corrected chi connectivity index (χ2v) is 7.46. The maximum atomic E-state index is 12.3. The van der Waals surface area contributed by atoms with Crippen LogP contribution in [0.2, 0.25) is 0 Å². The van der Waals surface area contributed by atoms with Crippen LogP contribution in [0, 0.1) is 0 Å². The van der Waals surface area contributed by atoms with Gasteiger partial charge in [0.15, 0.2) is 15.6 Å². The summed E-state index contributed by atoms with van der Waals surface area (Å²) in [5, 5.41) is 0. The SMILES string of the molecule is COc1ccc(S(=O)(=O)CCCc2ccc(C(C)=O)cc2)cc1. The summed E-state index contributed by atoms with van der Waals surface area (Å²) in [6.07, 6.45) is 1.20. The minimum atomic E-state index is -3.29. The summed E-state index contributed by atoms with van der Waals surface area (Å²) in [5.74, 6) is 0.751. The highest BCUT2D eigenvalue weighted by Crippen LogP contribution is 2.18. The molecule has 0 aromatic heterocycles. The summed E-state index contributed by atoms with van der Waals surface area (Å²) in [6, 6.07) is 13.7. The van der Waals surface area contributed by atoms with Gasteiger partial charge in [0.05, 0.1) is 17.8 Å². The van der Waals surface area contributed by atoms with Crippen LogP contribution in [0.4, 0.5) is 0 Å². The third-order valence-electron chi connectivity index (χ3n) is 3.66. The summed E-state index contributed by atoms with van der Waals surface area (Å²) in [6.45, 7) is 1.52. The standard InChI is InChI=1S/C18H20O4S/c1-14(19)16-7-5-15(6-8-16)4-3-13-23(20,21)18-11-9-17(22-2)10-12-18/h5-12H,3-4,13H2,1-2H3. The van der Waals surface area contributed by atoms with Gasteiger partial charge in [-0.1, -0.05) is 24.3 Å². The second kappa shape index (κ2) is 7.42. The fourth-order valence-electron chi connectivity index (χ4n) is 2.27. The van der Waals surface area contributed by atoms with E-state index in [0.717, 1.165) is 5.56 Å². The fourth-order valence-corrected chi connectivity index (χ4v) is 3.58. The monoisotopic (exact) mass is 332 g/mol. The average molecular weight is 332 g/mol. The van der Waals surface area contributed by atoms with E-state index in [4.69, 9.17) is 4.74 Å². The summed E-state index contributed by atoms with van der Waals surface area (Å²) < 4.78 is 29.6. The molecule has 0 spiro atoms. The maximum Gasteiger partial charge on any atom is 0.178 e. The van der Waals surface area contributed by atoms with Gasteiger partial charge in [-0.25, -0.2) is 8.42 Å². The zero-order chi connectivity index (χ0) is 16.9. The molecule has 0 heterocycles. The summed E-state index contributed by atoms with van der Waals surface area (Å²) in [5.41, 5.74) is 1.69. The number of benzene rings is 2. The first kappa shape index (κ1) is 17.2. The van der Waals surface area contributed by atoms with Gasteiger partial charge in [-0.3, -0.25) is 4.79 Å². The van der Waals surface area contributed by atoms with Crippen molar-refractivity contribution in [2.24, 2.45) is 0 Å². The number of carbonyl (C=O) groups excluding carboxylic acids is 1. The summed E-state index contributed by atoms with van der Waals surface area (Å²) in [4.78, 5) is 11.5. The molecule has 2 aromatic carbocycles. The van der Waals surface area contributed by atoms with Gasteiger partial charge >= 0.3 is 0 Å². The Labute approximate surface area is 137 Å². The van der Waals surface area contributed by atoms with E-state index in [-0.39, 0.29) is 11.5 Å². The van der Waals surface area contributed by atoms with E-state index in [0.29, 0.717) is 29.1 Å². The van der Waals surface area contributed by atoms with Gasteiger partial charge in [0.25, 0.3) is 0 Å². The molecule has 0 saturated carbocycles. The van der Waals surface area contributed by atoms with Crippen LogP contribution >= 0.6 is 0 Å². The van der Waals surface area contributed by atoms with E-state index in [1.165, 1.54) is 6.92 Å². The van der Waals surface area contributed by atoms with Crippen LogP contribution < -0.4 is 4.74 Å². The maximum absolute atomic E-state index is 12.3. The first-order valence-corrected chi connectivity index (χ1v) is 9.04. The highest BCUT2D eigenvalue weighted by molar-refractivity contribution is 7.91. The number of carbonyl (C=O) groups is 1.